The van der Waals surface area contributed by atoms with Gasteiger partial charge >= 0.3 is 0 Å². The van der Waals surface area contributed by atoms with Gasteiger partial charge in [-0.05, 0) is 31.5 Å². The Morgan fingerprint density at radius 3 is 2.60 bits per heavy atom. The minimum Gasteiger partial charge on any atom is -0.340 e. The monoisotopic (exact) mass is 225 g/mol. The molecule has 3 nitrogen and oxygen atoms in total. The number of piperidine rings is 1. The van der Waals surface area contributed by atoms with E-state index in [0.29, 0.717) is 5.30 Å². The molecule has 0 amide bonds. The van der Waals surface area contributed by atoms with Crippen LogP contribution in [0.3, 0.4) is 0 Å². The summed E-state index contributed by atoms with van der Waals surface area (Å²) < 4.78 is 12.3. The maximum Gasteiger partial charge on any atom is 0.245 e. The van der Waals surface area contributed by atoms with E-state index < -0.39 is 7.37 Å². The molecule has 15 heavy (non-hydrogen) atoms. The van der Waals surface area contributed by atoms with E-state index in [4.69, 9.17) is 0 Å². The topological polar surface area (TPSA) is 49.3 Å². The van der Waals surface area contributed by atoms with E-state index in [0.717, 1.165) is 25.8 Å². The molecule has 1 saturated heterocycles. The van der Waals surface area contributed by atoms with Crippen molar-refractivity contribution in [3.63, 3.8) is 0 Å². The molecule has 1 aliphatic rings. The van der Waals surface area contributed by atoms with Crippen molar-refractivity contribution in [1.29, 1.82) is 0 Å². The van der Waals surface area contributed by atoms with Crippen LogP contribution in [0.1, 0.15) is 19.3 Å². The maximum atomic E-state index is 12.3. The van der Waals surface area contributed by atoms with Crippen LogP contribution in [0.4, 0.5) is 0 Å². The molecule has 1 aromatic carbocycles. The van der Waals surface area contributed by atoms with Crippen molar-refractivity contribution in [3.05, 3.63) is 30.3 Å². The summed E-state index contributed by atoms with van der Waals surface area (Å²) in [5.74, 6) is -0.256. The minimum atomic E-state index is -3.23. The molecule has 2 atom stereocenters. The molecule has 0 saturated carbocycles. The van der Waals surface area contributed by atoms with E-state index in [-0.39, 0.29) is 5.78 Å². The number of hydrogen-bond acceptors (Lipinski definition) is 2. The highest BCUT2D eigenvalue weighted by Crippen LogP contribution is 2.46. The molecule has 2 rings (SSSR count). The van der Waals surface area contributed by atoms with Gasteiger partial charge in [0.2, 0.25) is 7.37 Å². The summed E-state index contributed by atoms with van der Waals surface area (Å²) in [4.78, 5) is 10.1. The molecule has 0 aliphatic carbocycles. The zero-order valence-corrected chi connectivity index (χ0v) is 9.49. The van der Waals surface area contributed by atoms with Crippen molar-refractivity contribution in [2.45, 2.75) is 25.0 Å². The van der Waals surface area contributed by atoms with E-state index in [1.165, 1.54) is 0 Å². The summed E-state index contributed by atoms with van der Waals surface area (Å²) in [6.07, 6.45) is 2.93. The van der Waals surface area contributed by atoms with Crippen LogP contribution in [-0.4, -0.2) is 17.2 Å². The predicted molar refractivity (Wildman–Crippen MR) is 61.5 cm³/mol. The first-order chi connectivity index (χ1) is 7.21. The second kappa shape index (κ2) is 4.48. The summed E-state index contributed by atoms with van der Waals surface area (Å²) in [6.45, 7) is 0.849. The summed E-state index contributed by atoms with van der Waals surface area (Å²) in [6, 6.07) is 8.94. The molecule has 0 spiro atoms. The van der Waals surface area contributed by atoms with E-state index in [1.807, 2.05) is 6.07 Å². The molecule has 1 unspecified atom stereocenters. The molecule has 0 radical (unpaired) electrons. The first-order valence-corrected chi connectivity index (χ1v) is 7.05. The highest BCUT2D eigenvalue weighted by Gasteiger charge is 2.33. The van der Waals surface area contributed by atoms with Crippen molar-refractivity contribution in [3.8, 4) is 0 Å². The predicted octanol–water partition coefficient (Wildman–Crippen LogP) is 1.68. The Labute approximate surface area is 90.0 Å². The molecule has 4 heteroatoms. The maximum absolute atomic E-state index is 12.3. The van der Waals surface area contributed by atoms with Crippen LogP contribution >= 0.6 is 7.37 Å². The van der Waals surface area contributed by atoms with Gasteiger partial charge in [0.1, 0.15) is 0 Å². The highest BCUT2D eigenvalue weighted by molar-refractivity contribution is 7.66. The first kappa shape index (κ1) is 10.9. The number of nitrogens with one attached hydrogen (secondary N) is 1. The van der Waals surface area contributed by atoms with E-state index in [2.05, 4.69) is 5.32 Å². The van der Waals surface area contributed by atoms with E-state index in [1.54, 1.807) is 24.3 Å². The standard InChI is InChI=1S/C11H16NO2P/c13-15(14,10-6-2-1-3-7-10)11-8-4-5-9-12-11/h1-3,6-7,11-12H,4-5,8-9H2,(H,13,14)/t11-/m1/s1. The van der Waals surface area contributed by atoms with Gasteiger partial charge in [-0.25, -0.2) is 0 Å². The molecule has 0 bridgehead atoms. The van der Waals surface area contributed by atoms with Crippen LogP contribution in [0.15, 0.2) is 30.3 Å². The SMILES string of the molecule is O=P(O)(c1ccccc1)[C@@H]1CCCCN1. The molecule has 1 fully saturated rings. The number of hydrogen-bond donors (Lipinski definition) is 2. The zero-order chi connectivity index (χ0) is 10.7. The van der Waals surface area contributed by atoms with Crippen LogP contribution in [0, 0.1) is 0 Å². The second-order valence-electron chi connectivity index (χ2n) is 3.92. The third-order valence-electron chi connectivity index (χ3n) is 2.83. The molecule has 1 heterocycles. The second-order valence-corrected chi connectivity index (χ2v) is 6.31. The smallest absolute Gasteiger partial charge is 0.245 e. The van der Waals surface area contributed by atoms with Crippen LogP contribution in [0.5, 0.6) is 0 Å². The molecule has 82 valence electrons. The van der Waals surface area contributed by atoms with Crippen molar-refractivity contribution >= 4 is 12.7 Å². The molecule has 0 aromatic heterocycles. The summed E-state index contributed by atoms with van der Waals surface area (Å²) in [5, 5.41) is 3.70. The van der Waals surface area contributed by atoms with Gasteiger partial charge in [0.25, 0.3) is 0 Å². The first-order valence-electron chi connectivity index (χ1n) is 5.33. The van der Waals surface area contributed by atoms with Crippen LogP contribution in [0.25, 0.3) is 0 Å². The van der Waals surface area contributed by atoms with Gasteiger partial charge in [0.05, 0.1) is 5.78 Å². The molecule has 2 N–H and O–H groups in total. The summed E-state index contributed by atoms with van der Waals surface area (Å²) >= 11 is 0. The molecule has 1 aromatic rings. The third kappa shape index (κ3) is 2.31. The van der Waals surface area contributed by atoms with E-state index >= 15 is 0 Å². The zero-order valence-electron chi connectivity index (χ0n) is 8.60. The molecule has 1 aliphatic heterocycles. The highest BCUT2D eigenvalue weighted by atomic mass is 31.2. The Morgan fingerprint density at radius 1 is 1.27 bits per heavy atom. The lowest BCUT2D eigenvalue weighted by molar-refractivity contribution is 0.415. The minimum absolute atomic E-state index is 0.256. The van der Waals surface area contributed by atoms with Gasteiger partial charge in [0, 0.05) is 5.30 Å². The fourth-order valence-electron chi connectivity index (χ4n) is 1.95. The average molecular weight is 225 g/mol. The Hall–Kier alpha value is -0.630. The lowest BCUT2D eigenvalue weighted by Crippen LogP contribution is -2.36. The Morgan fingerprint density at radius 2 is 2.00 bits per heavy atom. The number of benzene rings is 1. The lowest BCUT2D eigenvalue weighted by Gasteiger charge is -2.27. The van der Waals surface area contributed by atoms with Crippen molar-refractivity contribution in [2.75, 3.05) is 6.54 Å². The largest absolute Gasteiger partial charge is 0.340 e. The van der Waals surface area contributed by atoms with Gasteiger partial charge < -0.3 is 10.2 Å². The quantitative estimate of drug-likeness (QED) is 0.753. The van der Waals surface area contributed by atoms with Gasteiger partial charge in [-0.1, -0.05) is 24.6 Å². The van der Waals surface area contributed by atoms with Crippen molar-refractivity contribution < 1.29 is 9.46 Å². The molecular formula is C11H16NO2P. The number of rotatable bonds is 2. The normalized spacial score (nSPS) is 25.8. The third-order valence-corrected chi connectivity index (χ3v) is 5.16. The fourth-order valence-corrected chi connectivity index (χ4v) is 3.82. The van der Waals surface area contributed by atoms with Gasteiger partial charge in [-0.2, -0.15) is 0 Å². The Kier molecular flexibility index (Phi) is 3.25. The Balaban J connectivity index is 2.22. The van der Waals surface area contributed by atoms with Crippen LogP contribution < -0.4 is 10.6 Å². The van der Waals surface area contributed by atoms with Crippen LogP contribution in [-0.2, 0) is 4.57 Å². The van der Waals surface area contributed by atoms with Crippen LogP contribution in [0.2, 0.25) is 0 Å². The van der Waals surface area contributed by atoms with Gasteiger partial charge in [0.15, 0.2) is 0 Å². The van der Waals surface area contributed by atoms with Crippen molar-refractivity contribution in [1.82, 2.24) is 5.32 Å². The summed E-state index contributed by atoms with van der Waals surface area (Å²) in [7, 11) is -3.23. The fraction of sp³-hybridized carbons (Fsp3) is 0.455. The van der Waals surface area contributed by atoms with Gasteiger partial charge in [-0.15, -0.1) is 0 Å². The Bertz CT molecular complexity index is 360. The van der Waals surface area contributed by atoms with Gasteiger partial charge in [-0.3, -0.25) is 4.57 Å². The lowest BCUT2D eigenvalue weighted by atomic mass is 10.2. The average Bonchev–Trinajstić information content (AvgIpc) is 2.31. The summed E-state index contributed by atoms with van der Waals surface area (Å²) in [5.41, 5.74) is 0. The van der Waals surface area contributed by atoms with E-state index in [9.17, 15) is 9.46 Å². The molecular weight excluding hydrogens is 209 g/mol. The van der Waals surface area contributed by atoms with Crippen molar-refractivity contribution in [2.24, 2.45) is 0 Å².